The van der Waals surface area contributed by atoms with Crippen molar-refractivity contribution in [1.29, 1.82) is 0 Å². The average molecular weight is 475 g/mol. The highest BCUT2D eigenvalue weighted by Crippen LogP contribution is 2.26. The molecule has 1 aliphatic carbocycles. The van der Waals surface area contributed by atoms with Gasteiger partial charge in [0.05, 0.1) is 6.10 Å². The van der Waals surface area contributed by atoms with Gasteiger partial charge in [0.15, 0.2) is 0 Å². The first-order valence-corrected chi connectivity index (χ1v) is 12.8. The summed E-state index contributed by atoms with van der Waals surface area (Å²) in [5.74, 6) is 0.912. The monoisotopic (exact) mass is 474 g/mol. The molecule has 8 heteroatoms. The van der Waals surface area contributed by atoms with Crippen LogP contribution in [0.3, 0.4) is 0 Å². The number of aliphatic hydroxyl groups excluding tert-OH is 1. The number of unbranched alkanes of at least 4 members (excludes halogenated alkanes) is 1. The smallest absolute Gasteiger partial charge is 0.259 e. The van der Waals surface area contributed by atoms with E-state index in [0.29, 0.717) is 17.4 Å². The average Bonchev–Trinajstić information content (AvgIpc) is 2.81. The van der Waals surface area contributed by atoms with E-state index in [4.69, 9.17) is 4.99 Å². The van der Waals surface area contributed by atoms with E-state index >= 15 is 0 Å². The zero-order chi connectivity index (χ0) is 25.1. The summed E-state index contributed by atoms with van der Waals surface area (Å²) in [6.07, 6.45) is 8.19. The first-order chi connectivity index (χ1) is 16.3. The van der Waals surface area contributed by atoms with Crippen molar-refractivity contribution in [2.24, 2.45) is 4.99 Å². The SMILES string of the molecule is C=CC(=C)C(=O)N(C(=C)/N=C(/NCCCC)N(C)N1CCN(C)CC1)C1CCCC(O)CCC1. The Kier molecular flexibility index (Phi) is 11.8. The van der Waals surface area contributed by atoms with Crippen molar-refractivity contribution in [2.75, 3.05) is 46.8 Å². The van der Waals surface area contributed by atoms with Gasteiger partial charge in [-0.1, -0.05) is 39.2 Å². The maximum absolute atomic E-state index is 13.4. The molecule has 2 rings (SSSR count). The molecule has 0 radical (unpaired) electrons. The number of carbonyl (C=O) groups excluding carboxylic acids is 1. The van der Waals surface area contributed by atoms with Gasteiger partial charge in [0.25, 0.3) is 5.91 Å². The molecule has 0 unspecified atom stereocenters. The van der Waals surface area contributed by atoms with E-state index < -0.39 is 0 Å². The second-order valence-corrected chi connectivity index (χ2v) is 9.49. The minimum atomic E-state index is -0.249. The number of nitrogens with one attached hydrogen (secondary N) is 1. The first kappa shape index (κ1) is 28.1. The van der Waals surface area contributed by atoms with E-state index in [2.05, 4.69) is 53.9 Å². The molecule has 0 spiro atoms. The number of rotatable bonds is 9. The van der Waals surface area contributed by atoms with E-state index in [1.165, 1.54) is 6.08 Å². The van der Waals surface area contributed by atoms with Crippen LogP contribution in [0.4, 0.5) is 0 Å². The van der Waals surface area contributed by atoms with Crippen molar-refractivity contribution < 1.29 is 9.90 Å². The minimum absolute atomic E-state index is 0.0289. The summed E-state index contributed by atoms with van der Waals surface area (Å²) in [5.41, 5.74) is 0.339. The molecule has 8 nitrogen and oxygen atoms in total. The van der Waals surface area contributed by atoms with Gasteiger partial charge in [-0.25, -0.2) is 5.01 Å². The molecule has 2 fully saturated rings. The number of piperazine rings is 1. The van der Waals surface area contributed by atoms with Gasteiger partial charge in [-0.15, -0.1) is 0 Å². The third-order valence-electron chi connectivity index (χ3n) is 6.79. The summed E-state index contributed by atoms with van der Waals surface area (Å²) in [6.45, 7) is 18.7. The largest absolute Gasteiger partial charge is 0.393 e. The topological polar surface area (TPSA) is 74.7 Å². The lowest BCUT2D eigenvalue weighted by Crippen LogP contribution is -2.56. The Bertz CT molecular complexity index is 719. The Morgan fingerprint density at radius 2 is 1.76 bits per heavy atom. The zero-order valence-electron chi connectivity index (χ0n) is 21.6. The molecule has 0 aromatic heterocycles. The van der Waals surface area contributed by atoms with E-state index in [-0.39, 0.29) is 18.1 Å². The van der Waals surface area contributed by atoms with Crippen LogP contribution in [0.5, 0.6) is 0 Å². The van der Waals surface area contributed by atoms with Crippen molar-refractivity contribution in [3.63, 3.8) is 0 Å². The third kappa shape index (κ3) is 8.25. The van der Waals surface area contributed by atoms with Crippen LogP contribution >= 0.6 is 0 Å². The van der Waals surface area contributed by atoms with E-state index in [1.807, 2.05) is 7.05 Å². The predicted octanol–water partition coefficient (Wildman–Crippen LogP) is 2.95. The summed E-state index contributed by atoms with van der Waals surface area (Å²) in [4.78, 5) is 22.3. The molecular formula is C26H46N6O2. The lowest BCUT2D eigenvalue weighted by Gasteiger charge is -2.40. The maximum atomic E-state index is 13.4. The van der Waals surface area contributed by atoms with Gasteiger partial charge in [-0.3, -0.25) is 14.7 Å². The number of hydrogen-bond donors (Lipinski definition) is 2. The van der Waals surface area contributed by atoms with Crippen LogP contribution in [-0.2, 0) is 4.79 Å². The van der Waals surface area contributed by atoms with Gasteiger partial charge in [0.1, 0.15) is 5.82 Å². The van der Waals surface area contributed by atoms with Gasteiger partial charge in [-0.05, 0) is 52.0 Å². The van der Waals surface area contributed by atoms with Crippen molar-refractivity contribution in [2.45, 2.75) is 70.4 Å². The minimum Gasteiger partial charge on any atom is -0.393 e. The molecule has 1 heterocycles. The molecule has 1 amide bonds. The lowest BCUT2D eigenvalue weighted by atomic mass is 9.93. The highest BCUT2D eigenvalue weighted by atomic mass is 16.3. The molecule has 0 atom stereocenters. The van der Waals surface area contributed by atoms with E-state index in [9.17, 15) is 9.90 Å². The van der Waals surface area contributed by atoms with Crippen molar-refractivity contribution in [3.05, 3.63) is 37.2 Å². The Labute approximate surface area is 206 Å². The summed E-state index contributed by atoms with van der Waals surface area (Å²) in [5, 5.41) is 17.8. The third-order valence-corrected chi connectivity index (χ3v) is 6.79. The lowest BCUT2D eigenvalue weighted by molar-refractivity contribution is -0.127. The number of aliphatic imine (C=N–C) groups is 1. The number of hydrogen-bond acceptors (Lipinski definition) is 5. The van der Waals surface area contributed by atoms with Gasteiger partial charge >= 0.3 is 0 Å². The van der Waals surface area contributed by atoms with Crippen LogP contribution in [0.25, 0.3) is 0 Å². The van der Waals surface area contributed by atoms with Crippen LogP contribution in [-0.4, -0.2) is 95.8 Å². The standard InChI is InChI=1S/C26H46N6O2/c1-7-9-16-27-26(30(6)31-19-17-29(5)18-20-31)28-22(4)32(25(34)21(3)8-2)23-12-10-14-24(33)15-11-13-23/h8,23-24,33H,2-4,7,9-20H2,1,5-6H3,(H,27,28). The number of likely N-dealkylation sites (N-methyl/N-ethyl adjacent to an activating group) is 1. The number of carbonyl (C=O) groups is 1. The number of guanidine groups is 1. The summed E-state index contributed by atoms with van der Waals surface area (Å²) >= 11 is 0. The molecule has 1 aliphatic heterocycles. The van der Waals surface area contributed by atoms with Crippen LogP contribution < -0.4 is 5.32 Å². The molecule has 34 heavy (non-hydrogen) atoms. The van der Waals surface area contributed by atoms with Crippen LogP contribution in [0.2, 0.25) is 0 Å². The van der Waals surface area contributed by atoms with Crippen LogP contribution in [0.1, 0.15) is 58.3 Å². The summed E-state index contributed by atoms with van der Waals surface area (Å²) in [6, 6.07) is -0.0289. The number of amides is 1. The highest BCUT2D eigenvalue weighted by Gasteiger charge is 2.29. The number of nitrogens with zero attached hydrogens (tertiary/aromatic N) is 5. The molecule has 2 aliphatic rings. The Hall–Kier alpha value is -2.16. The van der Waals surface area contributed by atoms with Gasteiger partial charge in [0, 0.05) is 51.4 Å². The number of aliphatic hydroxyl groups is 1. The van der Waals surface area contributed by atoms with E-state index in [0.717, 1.165) is 84.1 Å². The quantitative estimate of drug-likeness (QED) is 0.176. The summed E-state index contributed by atoms with van der Waals surface area (Å²) in [7, 11) is 4.15. The zero-order valence-corrected chi connectivity index (χ0v) is 21.6. The van der Waals surface area contributed by atoms with Crippen LogP contribution in [0.15, 0.2) is 42.2 Å². The van der Waals surface area contributed by atoms with Crippen LogP contribution in [0, 0.1) is 0 Å². The fraction of sp³-hybridized carbons (Fsp3) is 0.692. The van der Waals surface area contributed by atoms with Gasteiger partial charge < -0.3 is 15.3 Å². The van der Waals surface area contributed by atoms with E-state index in [1.54, 1.807) is 4.90 Å². The van der Waals surface area contributed by atoms with Crippen molar-refractivity contribution >= 4 is 11.9 Å². The second-order valence-electron chi connectivity index (χ2n) is 9.49. The highest BCUT2D eigenvalue weighted by molar-refractivity contribution is 5.97. The molecule has 0 bridgehead atoms. The van der Waals surface area contributed by atoms with Crippen molar-refractivity contribution in [1.82, 2.24) is 25.1 Å². The molecule has 1 saturated carbocycles. The molecule has 1 saturated heterocycles. The maximum Gasteiger partial charge on any atom is 0.259 e. The first-order valence-electron chi connectivity index (χ1n) is 12.8. The second kappa shape index (κ2) is 14.3. The van der Waals surface area contributed by atoms with Gasteiger partial charge in [0.2, 0.25) is 5.96 Å². The fourth-order valence-corrected chi connectivity index (χ4v) is 4.47. The Morgan fingerprint density at radius 1 is 1.15 bits per heavy atom. The Morgan fingerprint density at radius 3 is 2.32 bits per heavy atom. The van der Waals surface area contributed by atoms with Gasteiger partial charge in [-0.2, -0.15) is 4.99 Å². The van der Waals surface area contributed by atoms with Crippen molar-refractivity contribution in [3.8, 4) is 0 Å². The molecule has 2 N–H and O–H groups in total. The summed E-state index contributed by atoms with van der Waals surface area (Å²) < 4.78 is 0. The number of hydrazine groups is 1. The fourth-order valence-electron chi connectivity index (χ4n) is 4.47. The molecular weight excluding hydrogens is 428 g/mol. The molecule has 0 aromatic carbocycles. The predicted molar refractivity (Wildman–Crippen MR) is 140 cm³/mol. The normalized spacial score (nSPS) is 22.9. The molecule has 192 valence electrons. The molecule has 0 aromatic rings. The Balaban J connectivity index is 2.30.